The molecule has 0 bridgehead atoms. The van der Waals surface area contributed by atoms with Gasteiger partial charge in [0.1, 0.15) is 0 Å². The summed E-state index contributed by atoms with van der Waals surface area (Å²) in [5, 5.41) is 2.81. The minimum absolute atomic E-state index is 0.0235. The maximum Gasteiger partial charge on any atom is 0.291 e. The number of furan rings is 1. The van der Waals surface area contributed by atoms with Crippen molar-refractivity contribution in [2.45, 2.75) is 26.7 Å². The van der Waals surface area contributed by atoms with Gasteiger partial charge in [-0.05, 0) is 55.5 Å². The first-order chi connectivity index (χ1) is 11.5. The van der Waals surface area contributed by atoms with Crippen molar-refractivity contribution >= 4 is 17.5 Å². The van der Waals surface area contributed by atoms with Crippen LogP contribution in [0.15, 0.2) is 41.0 Å². The summed E-state index contributed by atoms with van der Waals surface area (Å²) in [6.07, 6.45) is 3.54. The molecule has 0 unspecified atom stereocenters. The predicted octanol–water partition coefficient (Wildman–Crippen LogP) is 3.71. The monoisotopic (exact) mass is 326 g/mol. The van der Waals surface area contributed by atoms with Crippen molar-refractivity contribution in [1.29, 1.82) is 0 Å². The topological polar surface area (TPSA) is 62.6 Å². The lowest BCUT2D eigenvalue weighted by atomic mass is 9.98. The Morgan fingerprint density at radius 3 is 2.62 bits per heavy atom. The number of nitrogens with one attached hydrogen (secondary N) is 1. The molecule has 0 aliphatic carbocycles. The van der Waals surface area contributed by atoms with Crippen LogP contribution in [0.3, 0.4) is 0 Å². The van der Waals surface area contributed by atoms with Crippen LogP contribution in [-0.4, -0.2) is 29.8 Å². The number of amides is 2. The molecule has 5 heteroatoms. The van der Waals surface area contributed by atoms with Crippen molar-refractivity contribution in [1.82, 2.24) is 4.90 Å². The number of benzene rings is 1. The maximum atomic E-state index is 12.7. The molecular weight excluding hydrogens is 304 g/mol. The van der Waals surface area contributed by atoms with Crippen LogP contribution in [0.2, 0.25) is 0 Å². The Balaban J connectivity index is 1.76. The fourth-order valence-corrected chi connectivity index (χ4v) is 2.88. The SMILES string of the molecule is Cc1ccc(C(=O)N2CCC(C)CC2)cc1NC(=O)c1ccco1. The third kappa shape index (κ3) is 3.50. The molecule has 1 aromatic heterocycles. The van der Waals surface area contributed by atoms with E-state index in [0.717, 1.165) is 31.5 Å². The first kappa shape index (κ1) is 16.3. The Kier molecular flexibility index (Phi) is 4.69. The molecule has 0 spiro atoms. The van der Waals surface area contributed by atoms with Crippen LogP contribution in [0, 0.1) is 12.8 Å². The molecule has 2 amide bonds. The number of nitrogens with zero attached hydrogens (tertiary/aromatic N) is 1. The van der Waals surface area contributed by atoms with Gasteiger partial charge in [0.25, 0.3) is 11.8 Å². The van der Waals surface area contributed by atoms with Crippen LogP contribution in [0.25, 0.3) is 0 Å². The number of hydrogen-bond acceptors (Lipinski definition) is 3. The second-order valence-corrected chi connectivity index (χ2v) is 6.44. The Morgan fingerprint density at radius 1 is 1.21 bits per heavy atom. The minimum Gasteiger partial charge on any atom is -0.459 e. The number of rotatable bonds is 3. The van der Waals surface area contributed by atoms with Crippen molar-refractivity contribution in [3.8, 4) is 0 Å². The molecule has 2 aromatic rings. The van der Waals surface area contributed by atoms with Gasteiger partial charge in [-0.3, -0.25) is 9.59 Å². The summed E-state index contributed by atoms with van der Waals surface area (Å²) >= 11 is 0. The Labute approximate surface area is 141 Å². The van der Waals surface area contributed by atoms with Gasteiger partial charge in [0, 0.05) is 24.3 Å². The fraction of sp³-hybridized carbons (Fsp3) is 0.368. The zero-order valence-corrected chi connectivity index (χ0v) is 14.0. The molecule has 0 radical (unpaired) electrons. The second kappa shape index (κ2) is 6.91. The summed E-state index contributed by atoms with van der Waals surface area (Å²) in [5.74, 6) is 0.626. The van der Waals surface area contributed by atoms with E-state index in [1.807, 2.05) is 24.0 Å². The average Bonchev–Trinajstić information content (AvgIpc) is 3.11. The second-order valence-electron chi connectivity index (χ2n) is 6.44. The van der Waals surface area contributed by atoms with E-state index in [2.05, 4.69) is 12.2 Å². The Bertz CT molecular complexity index is 729. The molecule has 1 aromatic carbocycles. The summed E-state index contributed by atoms with van der Waals surface area (Å²) in [7, 11) is 0. The normalized spacial score (nSPS) is 15.3. The summed E-state index contributed by atoms with van der Waals surface area (Å²) < 4.78 is 5.10. The van der Waals surface area contributed by atoms with Crippen molar-refractivity contribution in [2.24, 2.45) is 5.92 Å². The fourth-order valence-electron chi connectivity index (χ4n) is 2.88. The van der Waals surface area contributed by atoms with Crippen molar-refractivity contribution in [2.75, 3.05) is 18.4 Å². The van der Waals surface area contributed by atoms with E-state index in [4.69, 9.17) is 4.42 Å². The van der Waals surface area contributed by atoms with Crippen LogP contribution in [0.4, 0.5) is 5.69 Å². The largest absolute Gasteiger partial charge is 0.459 e. The molecule has 1 fully saturated rings. The number of anilines is 1. The van der Waals surface area contributed by atoms with Crippen LogP contribution >= 0.6 is 0 Å². The summed E-state index contributed by atoms with van der Waals surface area (Å²) in [4.78, 5) is 26.7. The molecule has 0 atom stereocenters. The van der Waals surface area contributed by atoms with Gasteiger partial charge < -0.3 is 14.6 Å². The lowest BCUT2D eigenvalue weighted by Crippen LogP contribution is -2.37. The summed E-state index contributed by atoms with van der Waals surface area (Å²) in [6.45, 7) is 5.70. The molecule has 5 nitrogen and oxygen atoms in total. The van der Waals surface area contributed by atoms with Gasteiger partial charge in [-0.2, -0.15) is 0 Å². The van der Waals surface area contributed by atoms with E-state index in [1.54, 1.807) is 18.2 Å². The average molecular weight is 326 g/mol. The molecule has 1 aliphatic heterocycles. The molecule has 3 rings (SSSR count). The molecule has 1 aliphatic rings. The molecule has 2 heterocycles. The highest BCUT2D eigenvalue weighted by atomic mass is 16.3. The number of carbonyl (C=O) groups is 2. The maximum absolute atomic E-state index is 12.7. The lowest BCUT2D eigenvalue weighted by molar-refractivity contribution is 0.0697. The molecule has 1 saturated heterocycles. The number of hydrogen-bond donors (Lipinski definition) is 1. The standard InChI is InChI=1S/C19H22N2O3/c1-13-7-9-21(10-8-13)19(23)15-6-5-14(2)16(12-15)20-18(22)17-4-3-11-24-17/h3-6,11-13H,7-10H2,1-2H3,(H,20,22). The lowest BCUT2D eigenvalue weighted by Gasteiger charge is -2.30. The van der Waals surface area contributed by atoms with Gasteiger partial charge in [-0.25, -0.2) is 0 Å². The highest BCUT2D eigenvalue weighted by molar-refractivity contribution is 6.03. The van der Waals surface area contributed by atoms with Crippen LogP contribution in [-0.2, 0) is 0 Å². The molecule has 1 N–H and O–H groups in total. The number of aryl methyl sites for hydroxylation is 1. The van der Waals surface area contributed by atoms with Crippen molar-refractivity contribution in [3.05, 3.63) is 53.5 Å². The van der Waals surface area contributed by atoms with E-state index in [0.29, 0.717) is 17.2 Å². The summed E-state index contributed by atoms with van der Waals surface area (Å²) in [6, 6.07) is 8.69. The van der Waals surface area contributed by atoms with E-state index >= 15 is 0 Å². The molecule has 126 valence electrons. The van der Waals surface area contributed by atoms with Crippen LogP contribution in [0.1, 0.15) is 46.2 Å². The number of likely N-dealkylation sites (tertiary alicyclic amines) is 1. The van der Waals surface area contributed by atoms with Gasteiger partial charge >= 0.3 is 0 Å². The zero-order valence-electron chi connectivity index (χ0n) is 14.0. The predicted molar refractivity (Wildman–Crippen MR) is 92.1 cm³/mol. The van der Waals surface area contributed by atoms with E-state index in [-0.39, 0.29) is 17.6 Å². The van der Waals surface area contributed by atoms with E-state index in [1.165, 1.54) is 6.26 Å². The molecule has 0 saturated carbocycles. The third-order valence-corrected chi connectivity index (χ3v) is 4.55. The van der Waals surface area contributed by atoms with E-state index < -0.39 is 0 Å². The summed E-state index contributed by atoms with van der Waals surface area (Å²) in [5.41, 5.74) is 2.14. The number of piperidine rings is 1. The van der Waals surface area contributed by atoms with E-state index in [9.17, 15) is 9.59 Å². The van der Waals surface area contributed by atoms with Crippen LogP contribution in [0.5, 0.6) is 0 Å². The van der Waals surface area contributed by atoms with Crippen molar-refractivity contribution in [3.63, 3.8) is 0 Å². The first-order valence-corrected chi connectivity index (χ1v) is 8.29. The van der Waals surface area contributed by atoms with Gasteiger partial charge in [0.05, 0.1) is 6.26 Å². The smallest absolute Gasteiger partial charge is 0.291 e. The highest BCUT2D eigenvalue weighted by Crippen LogP contribution is 2.22. The highest BCUT2D eigenvalue weighted by Gasteiger charge is 2.22. The van der Waals surface area contributed by atoms with Gasteiger partial charge in [0.2, 0.25) is 0 Å². The zero-order chi connectivity index (χ0) is 17.1. The molecular formula is C19H22N2O3. The van der Waals surface area contributed by atoms with Gasteiger partial charge in [0.15, 0.2) is 5.76 Å². The van der Waals surface area contributed by atoms with Gasteiger partial charge in [-0.1, -0.05) is 13.0 Å². The minimum atomic E-state index is -0.320. The Morgan fingerprint density at radius 2 is 1.96 bits per heavy atom. The van der Waals surface area contributed by atoms with Crippen molar-refractivity contribution < 1.29 is 14.0 Å². The first-order valence-electron chi connectivity index (χ1n) is 8.29. The quantitative estimate of drug-likeness (QED) is 0.935. The number of carbonyl (C=O) groups excluding carboxylic acids is 2. The van der Waals surface area contributed by atoms with Crippen LogP contribution < -0.4 is 5.32 Å². The molecule has 24 heavy (non-hydrogen) atoms. The third-order valence-electron chi connectivity index (χ3n) is 4.55. The van der Waals surface area contributed by atoms with Gasteiger partial charge in [-0.15, -0.1) is 0 Å². The Hall–Kier alpha value is -2.56.